The molecule has 1 aliphatic heterocycles. The zero-order chi connectivity index (χ0) is 23.5. The second-order valence-corrected chi connectivity index (χ2v) is 9.15. The number of benzene rings is 3. The van der Waals surface area contributed by atoms with Gasteiger partial charge in [-0.15, -0.1) is 10.2 Å². The van der Waals surface area contributed by atoms with Gasteiger partial charge in [-0.2, -0.15) is 9.61 Å². The van der Waals surface area contributed by atoms with Crippen molar-refractivity contribution in [1.82, 2.24) is 24.7 Å². The number of nitrogens with zero attached hydrogens (tertiary/aromatic N) is 5. The van der Waals surface area contributed by atoms with Crippen LogP contribution in [0.15, 0.2) is 78.9 Å². The van der Waals surface area contributed by atoms with Crippen LogP contribution in [0.1, 0.15) is 25.7 Å². The molecule has 0 unspecified atom stereocenters. The van der Waals surface area contributed by atoms with E-state index < -0.39 is 0 Å². The van der Waals surface area contributed by atoms with Gasteiger partial charge < -0.3 is 9.64 Å². The van der Waals surface area contributed by atoms with Crippen LogP contribution in [0.25, 0.3) is 39.1 Å². The summed E-state index contributed by atoms with van der Waals surface area (Å²) in [6.45, 7) is 4.33. The summed E-state index contributed by atoms with van der Waals surface area (Å²) in [5.74, 6) is 1.63. The minimum Gasteiger partial charge on any atom is -0.494 e. The van der Waals surface area contributed by atoms with E-state index in [1.807, 2.05) is 59.1 Å². The van der Waals surface area contributed by atoms with Crippen LogP contribution in [0.2, 0.25) is 0 Å². The van der Waals surface area contributed by atoms with E-state index in [-0.39, 0.29) is 0 Å². The molecule has 0 radical (unpaired) electrons. The third-order valence-electron chi connectivity index (χ3n) is 6.76. The summed E-state index contributed by atoms with van der Waals surface area (Å²) >= 11 is 0. The highest BCUT2D eigenvalue weighted by Crippen LogP contribution is 2.31. The fraction of sp³-hybridized carbons (Fsp3) is 0.276. The summed E-state index contributed by atoms with van der Waals surface area (Å²) in [5.41, 5.74) is 3.69. The van der Waals surface area contributed by atoms with Crippen molar-refractivity contribution in [2.45, 2.75) is 25.7 Å². The predicted molar refractivity (Wildman–Crippen MR) is 140 cm³/mol. The normalized spacial score (nSPS) is 14.5. The molecule has 35 heavy (non-hydrogen) atoms. The van der Waals surface area contributed by atoms with E-state index in [1.165, 1.54) is 32.4 Å². The van der Waals surface area contributed by atoms with Gasteiger partial charge in [0, 0.05) is 28.4 Å². The van der Waals surface area contributed by atoms with Gasteiger partial charge >= 0.3 is 0 Å². The lowest BCUT2D eigenvalue weighted by Gasteiger charge is -2.26. The number of ether oxygens (including phenoxy) is 1. The average Bonchev–Trinajstić information content (AvgIpc) is 3.36. The molecule has 0 atom stereocenters. The van der Waals surface area contributed by atoms with E-state index in [9.17, 15) is 0 Å². The SMILES string of the molecule is c1ccc(-c2nnc3c4ccccc4c(-c4ccc(OCCCN5CCCCC5)cc4)nn23)cc1. The lowest BCUT2D eigenvalue weighted by Crippen LogP contribution is -2.31. The van der Waals surface area contributed by atoms with Gasteiger partial charge in [0.1, 0.15) is 5.75 Å². The van der Waals surface area contributed by atoms with Gasteiger partial charge in [0.2, 0.25) is 0 Å². The first kappa shape index (κ1) is 21.7. The van der Waals surface area contributed by atoms with Crippen LogP contribution >= 0.6 is 0 Å². The summed E-state index contributed by atoms with van der Waals surface area (Å²) in [5, 5.41) is 16.0. The van der Waals surface area contributed by atoms with Crippen molar-refractivity contribution >= 4 is 16.4 Å². The van der Waals surface area contributed by atoms with Gasteiger partial charge in [0.25, 0.3) is 0 Å². The first-order chi connectivity index (χ1) is 17.4. The number of rotatable bonds is 7. The third kappa shape index (κ3) is 4.49. The van der Waals surface area contributed by atoms with E-state index in [4.69, 9.17) is 9.84 Å². The number of likely N-dealkylation sites (tertiary alicyclic amines) is 1. The van der Waals surface area contributed by atoms with Gasteiger partial charge in [-0.05, 0) is 56.6 Å². The van der Waals surface area contributed by atoms with Crippen LogP contribution in [0, 0.1) is 0 Å². The van der Waals surface area contributed by atoms with Crippen molar-refractivity contribution in [3.05, 3.63) is 78.9 Å². The predicted octanol–water partition coefficient (Wildman–Crippen LogP) is 5.87. The molecule has 0 N–H and O–H groups in total. The monoisotopic (exact) mass is 463 g/mol. The van der Waals surface area contributed by atoms with Crippen LogP contribution in [0.4, 0.5) is 0 Å². The molecule has 3 aromatic carbocycles. The van der Waals surface area contributed by atoms with E-state index in [0.29, 0.717) is 0 Å². The molecule has 5 aromatic rings. The highest BCUT2D eigenvalue weighted by Gasteiger charge is 2.16. The van der Waals surface area contributed by atoms with Crippen LogP contribution in [0.5, 0.6) is 5.75 Å². The molecule has 6 rings (SSSR count). The number of aromatic nitrogens is 4. The Kier molecular flexibility index (Phi) is 6.11. The van der Waals surface area contributed by atoms with Crippen molar-refractivity contribution in [2.75, 3.05) is 26.2 Å². The summed E-state index contributed by atoms with van der Waals surface area (Å²) in [7, 11) is 0. The van der Waals surface area contributed by atoms with Gasteiger partial charge in [0.15, 0.2) is 11.5 Å². The molecule has 0 spiro atoms. The highest BCUT2D eigenvalue weighted by atomic mass is 16.5. The Bertz CT molecular complexity index is 1420. The molecule has 0 saturated carbocycles. The van der Waals surface area contributed by atoms with E-state index in [0.717, 1.165) is 64.4 Å². The number of hydrogen-bond donors (Lipinski definition) is 0. The second kappa shape index (κ2) is 9.84. The van der Waals surface area contributed by atoms with Crippen LogP contribution in [-0.2, 0) is 0 Å². The molecule has 1 fully saturated rings. The molecule has 0 bridgehead atoms. The quantitative estimate of drug-likeness (QED) is 0.283. The van der Waals surface area contributed by atoms with Crippen molar-refractivity contribution in [3.63, 3.8) is 0 Å². The van der Waals surface area contributed by atoms with Gasteiger partial charge in [-0.3, -0.25) is 0 Å². The molecule has 176 valence electrons. The third-order valence-corrected chi connectivity index (χ3v) is 6.76. The van der Waals surface area contributed by atoms with E-state index >= 15 is 0 Å². The topological polar surface area (TPSA) is 55.6 Å². The Morgan fingerprint density at radius 2 is 1.46 bits per heavy atom. The van der Waals surface area contributed by atoms with Crippen LogP contribution in [0.3, 0.4) is 0 Å². The number of fused-ring (bicyclic) bond motifs is 3. The maximum atomic E-state index is 6.04. The smallest absolute Gasteiger partial charge is 0.186 e. The standard InChI is InChI=1S/C29H29N5O/c1-3-10-23(11-4-1)28-30-31-29-26-13-6-5-12-25(26)27(32-34(28)29)22-14-16-24(17-15-22)35-21-9-20-33-18-7-2-8-19-33/h1,3-6,10-17H,2,7-9,18-21H2. The molecule has 6 nitrogen and oxygen atoms in total. The zero-order valence-corrected chi connectivity index (χ0v) is 19.8. The summed E-state index contributed by atoms with van der Waals surface area (Å²) in [6, 6.07) is 26.6. The highest BCUT2D eigenvalue weighted by molar-refractivity contribution is 6.01. The maximum Gasteiger partial charge on any atom is 0.186 e. The molecule has 6 heteroatoms. The van der Waals surface area contributed by atoms with Gasteiger partial charge in [0.05, 0.1) is 12.3 Å². The molecule has 2 aromatic heterocycles. The van der Waals surface area contributed by atoms with Crippen molar-refractivity contribution in [3.8, 4) is 28.4 Å². The Balaban J connectivity index is 1.26. The summed E-state index contributed by atoms with van der Waals surface area (Å²) < 4.78 is 7.90. The van der Waals surface area contributed by atoms with E-state index in [1.54, 1.807) is 0 Å². The number of piperidine rings is 1. The molecular weight excluding hydrogens is 434 g/mol. The van der Waals surface area contributed by atoms with Crippen molar-refractivity contribution < 1.29 is 4.74 Å². The molecule has 0 amide bonds. The van der Waals surface area contributed by atoms with Gasteiger partial charge in [-0.1, -0.05) is 61.0 Å². The Labute approximate surface area is 205 Å². The minimum absolute atomic E-state index is 0.737. The molecule has 1 aliphatic rings. The second-order valence-electron chi connectivity index (χ2n) is 9.15. The summed E-state index contributed by atoms with van der Waals surface area (Å²) in [6.07, 6.45) is 5.10. The first-order valence-electron chi connectivity index (χ1n) is 12.5. The average molecular weight is 464 g/mol. The Morgan fingerprint density at radius 1 is 0.714 bits per heavy atom. The first-order valence-corrected chi connectivity index (χ1v) is 12.5. The lowest BCUT2D eigenvalue weighted by atomic mass is 10.0. The van der Waals surface area contributed by atoms with Crippen LogP contribution < -0.4 is 4.74 Å². The van der Waals surface area contributed by atoms with Gasteiger partial charge in [-0.25, -0.2) is 0 Å². The van der Waals surface area contributed by atoms with Crippen molar-refractivity contribution in [1.29, 1.82) is 0 Å². The minimum atomic E-state index is 0.737. The molecule has 1 saturated heterocycles. The fourth-order valence-electron chi connectivity index (χ4n) is 4.93. The lowest BCUT2D eigenvalue weighted by molar-refractivity contribution is 0.205. The number of hydrogen-bond acceptors (Lipinski definition) is 5. The fourth-order valence-corrected chi connectivity index (χ4v) is 4.93. The van der Waals surface area contributed by atoms with E-state index in [2.05, 4.69) is 39.4 Å². The van der Waals surface area contributed by atoms with Crippen LogP contribution in [-0.4, -0.2) is 51.0 Å². The maximum absolute atomic E-state index is 6.04. The van der Waals surface area contributed by atoms with Crippen molar-refractivity contribution in [2.24, 2.45) is 0 Å². The molecular formula is C29H29N5O. The Morgan fingerprint density at radius 3 is 2.26 bits per heavy atom. The Hall–Kier alpha value is -3.77. The molecule has 3 heterocycles. The molecule has 0 aliphatic carbocycles. The summed E-state index contributed by atoms with van der Waals surface area (Å²) in [4.78, 5) is 2.55. The zero-order valence-electron chi connectivity index (χ0n) is 19.8. The largest absolute Gasteiger partial charge is 0.494 e.